The maximum Gasteiger partial charge on any atom is 0.251 e. The highest BCUT2D eigenvalue weighted by atomic mass is 16.1. The second-order valence-electron chi connectivity index (χ2n) is 6.64. The van der Waals surface area contributed by atoms with Gasteiger partial charge in [-0.05, 0) is 50.6 Å². The van der Waals surface area contributed by atoms with Gasteiger partial charge < -0.3 is 11.1 Å². The van der Waals surface area contributed by atoms with Crippen LogP contribution in [-0.4, -0.2) is 42.8 Å². The summed E-state index contributed by atoms with van der Waals surface area (Å²) >= 11 is 0. The molecular formula is C18H25N3O2. The first-order valence-corrected chi connectivity index (χ1v) is 8.44. The monoisotopic (exact) mass is 315 g/mol. The number of carbonyl (C=O) groups is 2. The molecule has 3 N–H and O–H groups in total. The Morgan fingerprint density at radius 1 is 1.30 bits per heavy atom. The summed E-state index contributed by atoms with van der Waals surface area (Å²) in [6.07, 6.45) is 3.58. The van der Waals surface area contributed by atoms with E-state index in [1.165, 1.54) is 0 Å². The van der Waals surface area contributed by atoms with Gasteiger partial charge in [-0.1, -0.05) is 12.1 Å². The molecule has 4 rings (SSSR count). The van der Waals surface area contributed by atoms with E-state index in [0.29, 0.717) is 36.9 Å². The second kappa shape index (κ2) is 6.81. The third-order valence-corrected chi connectivity index (χ3v) is 5.24. The van der Waals surface area contributed by atoms with Gasteiger partial charge in [0.25, 0.3) is 5.91 Å². The van der Waals surface area contributed by atoms with Gasteiger partial charge in [-0.25, -0.2) is 0 Å². The Morgan fingerprint density at radius 2 is 2.04 bits per heavy atom. The largest absolute Gasteiger partial charge is 0.352 e. The minimum atomic E-state index is -0.0698. The van der Waals surface area contributed by atoms with E-state index in [1.54, 1.807) is 0 Å². The normalized spacial score (nSPS) is 27.2. The van der Waals surface area contributed by atoms with Crippen molar-refractivity contribution in [3.05, 3.63) is 35.4 Å². The topological polar surface area (TPSA) is 75.4 Å². The van der Waals surface area contributed by atoms with Gasteiger partial charge in [-0.3, -0.25) is 14.5 Å². The van der Waals surface area contributed by atoms with Crippen molar-refractivity contribution in [1.29, 1.82) is 0 Å². The molecule has 5 heteroatoms. The summed E-state index contributed by atoms with van der Waals surface area (Å²) in [6, 6.07) is 8.22. The van der Waals surface area contributed by atoms with E-state index in [2.05, 4.69) is 17.3 Å². The van der Waals surface area contributed by atoms with Gasteiger partial charge >= 0.3 is 0 Å². The number of rotatable bonds is 5. The molecule has 1 saturated carbocycles. The van der Waals surface area contributed by atoms with E-state index in [1.807, 2.05) is 24.3 Å². The molecule has 0 spiro atoms. The Morgan fingerprint density at radius 3 is 2.70 bits per heavy atom. The summed E-state index contributed by atoms with van der Waals surface area (Å²) < 4.78 is 0. The van der Waals surface area contributed by atoms with Crippen LogP contribution in [0.1, 0.15) is 47.6 Å². The minimum absolute atomic E-state index is 0.0698. The number of nitrogens with two attached hydrogens (primary N) is 1. The number of fused-ring (bicyclic) bond motifs is 3. The van der Waals surface area contributed by atoms with Gasteiger partial charge in [0.05, 0.1) is 0 Å². The van der Waals surface area contributed by atoms with Crippen molar-refractivity contribution >= 4 is 11.7 Å². The number of carbonyl (C=O) groups excluding carboxylic acids is 2. The number of benzene rings is 1. The van der Waals surface area contributed by atoms with Gasteiger partial charge in [-0.2, -0.15) is 0 Å². The van der Waals surface area contributed by atoms with E-state index in [-0.39, 0.29) is 17.9 Å². The van der Waals surface area contributed by atoms with Gasteiger partial charge in [0, 0.05) is 36.5 Å². The first kappa shape index (κ1) is 16.1. The highest BCUT2D eigenvalue weighted by molar-refractivity contribution is 5.94. The number of nitrogens with zero attached hydrogens (tertiary/aromatic N) is 1. The number of piperidine rings is 2. The Labute approximate surface area is 137 Å². The fourth-order valence-corrected chi connectivity index (χ4v) is 3.92. The summed E-state index contributed by atoms with van der Waals surface area (Å²) in [5, 5.41) is 2.86. The molecule has 0 aromatic heterocycles. The maximum atomic E-state index is 12.2. The second-order valence-corrected chi connectivity index (χ2v) is 6.64. The molecule has 1 aromatic carbocycles. The van der Waals surface area contributed by atoms with Gasteiger partial charge in [0.1, 0.15) is 5.78 Å². The SMILES string of the molecule is CN1C2CCC(C(=O)C2)C1c1ccc(C(=O)NCCCN)cc1. The third kappa shape index (κ3) is 3.16. The lowest BCUT2D eigenvalue weighted by atomic mass is 9.72. The number of Topliss-reactive ketones (excluding diaryl/α,β-unsaturated/α-hetero) is 1. The zero-order valence-corrected chi connectivity index (χ0v) is 13.6. The van der Waals surface area contributed by atoms with Crippen LogP contribution < -0.4 is 11.1 Å². The number of ketones is 1. The molecule has 23 heavy (non-hydrogen) atoms. The fraction of sp³-hybridized carbons (Fsp3) is 0.556. The van der Waals surface area contributed by atoms with Gasteiger partial charge in [0.15, 0.2) is 0 Å². The van der Waals surface area contributed by atoms with E-state index in [4.69, 9.17) is 5.73 Å². The lowest BCUT2D eigenvalue weighted by molar-refractivity contribution is -0.136. The van der Waals surface area contributed by atoms with E-state index in [0.717, 1.165) is 24.8 Å². The quantitative estimate of drug-likeness (QED) is 0.807. The van der Waals surface area contributed by atoms with Crippen LogP contribution in [0.4, 0.5) is 0 Å². The fourth-order valence-electron chi connectivity index (χ4n) is 3.92. The summed E-state index contributed by atoms with van der Waals surface area (Å²) in [5.41, 5.74) is 7.21. The molecule has 2 bridgehead atoms. The van der Waals surface area contributed by atoms with E-state index >= 15 is 0 Å². The lowest BCUT2D eigenvalue weighted by Gasteiger charge is -2.49. The van der Waals surface area contributed by atoms with Gasteiger partial charge in [-0.15, -0.1) is 0 Å². The zero-order valence-electron chi connectivity index (χ0n) is 13.6. The van der Waals surface area contributed by atoms with Crippen molar-refractivity contribution in [2.24, 2.45) is 11.7 Å². The molecule has 2 aliphatic heterocycles. The Bertz CT molecular complexity index is 584. The molecule has 1 aliphatic carbocycles. The molecule has 3 fully saturated rings. The van der Waals surface area contributed by atoms with E-state index in [9.17, 15) is 9.59 Å². The number of hydrogen-bond donors (Lipinski definition) is 2. The molecule has 3 atom stereocenters. The summed E-state index contributed by atoms with van der Waals surface area (Å²) in [5.74, 6) is 0.432. The number of hydrogen-bond acceptors (Lipinski definition) is 4. The summed E-state index contributed by atoms with van der Waals surface area (Å²) in [7, 11) is 2.11. The molecule has 3 unspecified atom stereocenters. The predicted molar refractivity (Wildman–Crippen MR) is 89.1 cm³/mol. The maximum absolute atomic E-state index is 12.2. The molecule has 0 radical (unpaired) electrons. The van der Waals surface area contributed by atoms with Crippen LogP contribution in [0.5, 0.6) is 0 Å². The summed E-state index contributed by atoms with van der Waals surface area (Å²) in [6.45, 7) is 1.17. The van der Waals surface area contributed by atoms with E-state index < -0.39 is 0 Å². The predicted octanol–water partition coefficient (Wildman–Crippen LogP) is 1.49. The third-order valence-electron chi connectivity index (χ3n) is 5.24. The van der Waals surface area contributed by atoms with Crippen LogP contribution in [0, 0.1) is 5.92 Å². The highest BCUT2D eigenvalue weighted by Crippen LogP contribution is 2.44. The summed E-state index contributed by atoms with van der Waals surface area (Å²) in [4.78, 5) is 26.6. The van der Waals surface area contributed by atoms with Crippen LogP contribution >= 0.6 is 0 Å². The first-order valence-electron chi connectivity index (χ1n) is 8.44. The minimum Gasteiger partial charge on any atom is -0.352 e. The Hall–Kier alpha value is -1.72. The molecule has 5 nitrogen and oxygen atoms in total. The standard InChI is InChI=1S/C18H25N3O2/c1-21-14-7-8-15(16(22)11-14)17(21)12-3-5-13(6-4-12)18(23)20-10-2-9-19/h3-6,14-15,17H,2,7-11,19H2,1H3,(H,20,23). The molecule has 2 heterocycles. The number of nitrogens with one attached hydrogen (secondary N) is 1. The smallest absolute Gasteiger partial charge is 0.251 e. The first-order chi connectivity index (χ1) is 11.1. The van der Waals surface area contributed by atoms with Gasteiger partial charge in [0.2, 0.25) is 0 Å². The highest BCUT2D eigenvalue weighted by Gasteiger charge is 2.45. The average Bonchev–Trinajstić information content (AvgIpc) is 2.56. The Balaban J connectivity index is 1.72. The molecule has 124 valence electrons. The lowest BCUT2D eigenvalue weighted by Crippen LogP contribution is -2.52. The molecule has 2 saturated heterocycles. The molecule has 3 aliphatic rings. The van der Waals surface area contributed by atoms with Crippen molar-refractivity contribution in [3.8, 4) is 0 Å². The average molecular weight is 315 g/mol. The van der Waals surface area contributed by atoms with Crippen LogP contribution in [0.2, 0.25) is 0 Å². The molecule has 1 amide bonds. The van der Waals surface area contributed by atoms with Crippen LogP contribution in [0.3, 0.4) is 0 Å². The van der Waals surface area contributed by atoms with Crippen molar-refractivity contribution in [2.75, 3.05) is 20.1 Å². The van der Waals surface area contributed by atoms with Crippen molar-refractivity contribution in [1.82, 2.24) is 10.2 Å². The van der Waals surface area contributed by atoms with Crippen molar-refractivity contribution in [3.63, 3.8) is 0 Å². The van der Waals surface area contributed by atoms with Crippen LogP contribution in [0.25, 0.3) is 0 Å². The van der Waals surface area contributed by atoms with Crippen LogP contribution in [0.15, 0.2) is 24.3 Å². The zero-order chi connectivity index (χ0) is 16.4. The van der Waals surface area contributed by atoms with Crippen LogP contribution in [-0.2, 0) is 4.79 Å². The number of amides is 1. The van der Waals surface area contributed by atoms with Crippen molar-refractivity contribution in [2.45, 2.75) is 37.8 Å². The molecular weight excluding hydrogens is 290 g/mol. The molecule has 1 aromatic rings. The Kier molecular flexibility index (Phi) is 4.78. The van der Waals surface area contributed by atoms with Crippen molar-refractivity contribution < 1.29 is 9.59 Å².